The lowest BCUT2D eigenvalue weighted by Crippen LogP contribution is -2.62. The molecule has 1 saturated heterocycles. The number of benzene rings is 1. The third-order valence-corrected chi connectivity index (χ3v) is 10.6. The molecule has 2 saturated carbocycles. The molecule has 2 heterocycles. The smallest absolute Gasteiger partial charge is 0.255 e. The van der Waals surface area contributed by atoms with Gasteiger partial charge in [-0.3, -0.25) is 14.4 Å². The number of aliphatic hydroxyl groups is 2. The van der Waals surface area contributed by atoms with Gasteiger partial charge in [-0.2, -0.15) is 0 Å². The van der Waals surface area contributed by atoms with E-state index in [1.165, 1.54) is 47.6 Å². The Bertz CT molecular complexity index is 1350. The van der Waals surface area contributed by atoms with E-state index >= 15 is 0 Å². The molecule has 8 heteroatoms. The Morgan fingerprint density at radius 1 is 1.02 bits per heavy atom. The van der Waals surface area contributed by atoms with Gasteiger partial charge in [0.25, 0.3) is 11.5 Å². The number of hydrogen-bond acceptors (Lipinski definition) is 5. The van der Waals surface area contributed by atoms with Crippen molar-refractivity contribution in [2.75, 3.05) is 27.2 Å². The molecule has 0 radical (unpaired) electrons. The van der Waals surface area contributed by atoms with Crippen molar-refractivity contribution < 1.29 is 19.8 Å². The van der Waals surface area contributed by atoms with Crippen LogP contribution in [0.4, 0.5) is 0 Å². The van der Waals surface area contributed by atoms with Gasteiger partial charge in [0.05, 0.1) is 24.3 Å². The molecule has 1 aromatic carbocycles. The van der Waals surface area contributed by atoms with Gasteiger partial charge in [0.15, 0.2) is 0 Å². The lowest BCUT2D eigenvalue weighted by atomic mass is 9.65. The highest BCUT2D eigenvalue weighted by atomic mass is 16.3. The fourth-order valence-electron chi connectivity index (χ4n) is 8.04. The number of aliphatic hydroxyl groups excluding tert-OH is 1. The van der Waals surface area contributed by atoms with E-state index in [2.05, 4.69) is 6.92 Å². The average Bonchev–Trinajstić information content (AvgIpc) is 3.49. The zero-order valence-corrected chi connectivity index (χ0v) is 26.2. The van der Waals surface area contributed by atoms with Gasteiger partial charge in [0, 0.05) is 56.3 Å². The van der Waals surface area contributed by atoms with Crippen LogP contribution in [0.3, 0.4) is 0 Å². The Hall–Kier alpha value is -2.97. The summed E-state index contributed by atoms with van der Waals surface area (Å²) in [5.74, 6) is 0.585. The van der Waals surface area contributed by atoms with Crippen LogP contribution in [-0.4, -0.2) is 69.2 Å². The molecule has 1 spiro atoms. The molecule has 234 valence electrons. The molecule has 2 N–H and O–H groups in total. The van der Waals surface area contributed by atoms with Crippen molar-refractivity contribution in [2.24, 2.45) is 17.3 Å². The molecule has 2 aromatic rings. The van der Waals surface area contributed by atoms with Gasteiger partial charge in [-0.1, -0.05) is 76.1 Å². The van der Waals surface area contributed by atoms with E-state index in [1.807, 2.05) is 4.90 Å². The van der Waals surface area contributed by atoms with Crippen LogP contribution in [0.5, 0.6) is 0 Å². The number of aromatic nitrogens is 1. The van der Waals surface area contributed by atoms with Gasteiger partial charge < -0.3 is 24.6 Å². The van der Waals surface area contributed by atoms with Crippen LogP contribution in [0.25, 0.3) is 11.1 Å². The highest BCUT2D eigenvalue weighted by molar-refractivity contribution is 6.00. The highest BCUT2D eigenvalue weighted by Gasteiger charge is 2.55. The molecule has 43 heavy (non-hydrogen) atoms. The van der Waals surface area contributed by atoms with Crippen molar-refractivity contribution in [2.45, 2.75) is 96.3 Å². The SMILES string of the molecule is CC(CC1CCCCC1)C(=O)N1CCC(O)(Cn2cc(C(=O)N(C)C)c(-c3ccc(CO)cc3)cc2=O)C2(CCCC2)C1. The summed E-state index contributed by atoms with van der Waals surface area (Å²) >= 11 is 0. The van der Waals surface area contributed by atoms with E-state index in [4.69, 9.17) is 0 Å². The first-order valence-electron chi connectivity index (χ1n) is 16.2. The quantitative estimate of drug-likeness (QED) is 0.458. The molecule has 2 amide bonds. The normalized spacial score (nSPS) is 23.0. The number of nitrogens with zero attached hydrogens (tertiary/aromatic N) is 3. The molecule has 3 fully saturated rings. The predicted octanol–water partition coefficient (Wildman–Crippen LogP) is 4.84. The van der Waals surface area contributed by atoms with Gasteiger partial charge >= 0.3 is 0 Å². The van der Waals surface area contributed by atoms with E-state index in [-0.39, 0.29) is 36.4 Å². The molecular weight excluding hydrogens is 542 g/mol. The summed E-state index contributed by atoms with van der Waals surface area (Å²) in [6, 6.07) is 8.66. The summed E-state index contributed by atoms with van der Waals surface area (Å²) in [6.07, 6.45) is 12.9. The molecule has 1 aliphatic heterocycles. The van der Waals surface area contributed by atoms with Crippen LogP contribution in [0.15, 0.2) is 41.3 Å². The summed E-state index contributed by atoms with van der Waals surface area (Å²) in [5, 5.41) is 21.8. The monoisotopic (exact) mass is 591 g/mol. The van der Waals surface area contributed by atoms with Crippen LogP contribution in [-0.2, 0) is 17.9 Å². The first-order chi connectivity index (χ1) is 20.6. The summed E-state index contributed by atoms with van der Waals surface area (Å²) in [6.45, 7) is 3.06. The number of hydrogen-bond donors (Lipinski definition) is 2. The summed E-state index contributed by atoms with van der Waals surface area (Å²) in [7, 11) is 3.36. The molecular formula is C35H49N3O5. The van der Waals surface area contributed by atoms with Crippen LogP contribution >= 0.6 is 0 Å². The third-order valence-electron chi connectivity index (χ3n) is 10.6. The third kappa shape index (κ3) is 6.46. The summed E-state index contributed by atoms with van der Waals surface area (Å²) < 4.78 is 1.51. The molecule has 2 atom stereocenters. The van der Waals surface area contributed by atoms with E-state index in [9.17, 15) is 24.6 Å². The van der Waals surface area contributed by atoms with Crippen LogP contribution < -0.4 is 5.56 Å². The Kier molecular flexibility index (Phi) is 9.47. The van der Waals surface area contributed by atoms with Crippen LogP contribution in [0.1, 0.15) is 93.5 Å². The number of rotatable bonds is 8. The molecule has 2 unspecified atom stereocenters. The fraction of sp³-hybridized carbons (Fsp3) is 0.629. The van der Waals surface area contributed by atoms with E-state index in [1.54, 1.807) is 44.6 Å². The molecule has 8 nitrogen and oxygen atoms in total. The van der Waals surface area contributed by atoms with Crippen molar-refractivity contribution in [3.8, 4) is 11.1 Å². The number of carbonyl (C=O) groups excluding carboxylic acids is 2. The summed E-state index contributed by atoms with van der Waals surface area (Å²) in [4.78, 5) is 44.1. The van der Waals surface area contributed by atoms with Crippen LogP contribution in [0.2, 0.25) is 0 Å². The van der Waals surface area contributed by atoms with Crippen molar-refractivity contribution in [1.29, 1.82) is 0 Å². The maximum atomic E-state index is 13.7. The Morgan fingerprint density at radius 2 is 1.70 bits per heavy atom. The number of pyridine rings is 1. The van der Waals surface area contributed by atoms with Crippen molar-refractivity contribution >= 4 is 11.8 Å². The largest absolute Gasteiger partial charge is 0.392 e. The van der Waals surface area contributed by atoms with Gasteiger partial charge in [0.1, 0.15) is 0 Å². The standard InChI is InChI=1S/C35H49N3O5/c1-25(19-26-9-5-4-6-10-26)32(41)37-18-17-35(43,34(23-37)15-7-8-16-34)24-38-21-30(33(42)36(2)3)29(20-31(38)40)28-13-11-27(22-39)12-14-28/h11-14,20-21,25-26,39,43H,4-10,15-19,22-24H2,1-3H3. The Balaban J connectivity index is 1.41. The Morgan fingerprint density at radius 3 is 2.33 bits per heavy atom. The maximum absolute atomic E-state index is 13.7. The van der Waals surface area contributed by atoms with Gasteiger partial charge in [-0.15, -0.1) is 0 Å². The van der Waals surface area contributed by atoms with Gasteiger partial charge in [-0.05, 0) is 42.7 Å². The van der Waals surface area contributed by atoms with Crippen molar-refractivity contribution in [3.63, 3.8) is 0 Å². The lowest BCUT2D eigenvalue weighted by molar-refractivity contribution is -0.163. The predicted molar refractivity (Wildman–Crippen MR) is 167 cm³/mol. The zero-order chi connectivity index (χ0) is 30.8. The minimum absolute atomic E-state index is 0.0195. The lowest BCUT2D eigenvalue weighted by Gasteiger charge is -2.53. The van der Waals surface area contributed by atoms with Crippen molar-refractivity contribution in [3.05, 3.63) is 58.0 Å². The van der Waals surface area contributed by atoms with Crippen LogP contribution in [0, 0.1) is 17.3 Å². The number of amides is 2. The minimum Gasteiger partial charge on any atom is -0.392 e. The topological polar surface area (TPSA) is 103 Å². The van der Waals surface area contributed by atoms with E-state index in [0.717, 1.165) is 37.7 Å². The van der Waals surface area contributed by atoms with Crippen molar-refractivity contribution in [1.82, 2.24) is 14.4 Å². The number of carbonyl (C=O) groups is 2. The number of piperidine rings is 1. The second kappa shape index (κ2) is 12.9. The summed E-state index contributed by atoms with van der Waals surface area (Å²) in [5.41, 5.74) is 0.447. The molecule has 5 rings (SSSR count). The molecule has 0 bridgehead atoms. The first kappa shape index (κ1) is 31.5. The average molecular weight is 592 g/mol. The second-order valence-electron chi connectivity index (χ2n) is 13.8. The fourth-order valence-corrected chi connectivity index (χ4v) is 8.04. The zero-order valence-electron chi connectivity index (χ0n) is 26.2. The second-order valence-corrected chi connectivity index (χ2v) is 13.8. The van der Waals surface area contributed by atoms with E-state index < -0.39 is 11.0 Å². The number of likely N-dealkylation sites (tertiary alicyclic amines) is 1. The first-order valence-corrected chi connectivity index (χ1v) is 16.2. The minimum atomic E-state index is -1.17. The highest BCUT2D eigenvalue weighted by Crippen LogP contribution is 2.52. The maximum Gasteiger partial charge on any atom is 0.255 e. The molecule has 1 aromatic heterocycles. The van der Waals surface area contributed by atoms with Gasteiger partial charge in [-0.25, -0.2) is 0 Å². The molecule has 2 aliphatic carbocycles. The molecule has 3 aliphatic rings. The Labute approximate surface area is 255 Å². The van der Waals surface area contributed by atoms with Gasteiger partial charge in [0.2, 0.25) is 5.91 Å². The van der Waals surface area contributed by atoms with E-state index in [0.29, 0.717) is 42.1 Å².